The van der Waals surface area contributed by atoms with Crippen molar-refractivity contribution in [3.8, 4) is 5.75 Å². The van der Waals surface area contributed by atoms with E-state index in [4.69, 9.17) is 15.6 Å². The van der Waals surface area contributed by atoms with Crippen LogP contribution in [-0.4, -0.2) is 23.7 Å². The van der Waals surface area contributed by atoms with Crippen molar-refractivity contribution >= 4 is 5.97 Å². The molecule has 1 aromatic rings. The summed E-state index contributed by atoms with van der Waals surface area (Å²) in [7, 11) is 0. The third kappa shape index (κ3) is 2.64. The average Bonchev–Trinajstić information content (AvgIpc) is 2.62. The zero-order valence-electron chi connectivity index (χ0n) is 10.6. The summed E-state index contributed by atoms with van der Waals surface area (Å²) in [6, 6.07) is 6.03. The zero-order chi connectivity index (χ0) is 13.1. The number of carbonyl (C=O) groups is 1. The first-order valence-electron chi connectivity index (χ1n) is 6.34. The van der Waals surface area contributed by atoms with Gasteiger partial charge in [-0.3, -0.25) is 4.79 Å². The van der Waals surface area contributed by atoms with Gasteiger partial charge in [0.15, 0.2) is 0 Å². The smallest absolute Gasteiger partial charge is 0.303 e. The van der Waals surface area contributed by atoms with Crippen LogP contribution >= 0.6 is 0 Å². The molecule has 1 aliphatic carbocycles. The lowest BCUT2D eigenvalue weighted by atomic mass is 9.93. The SMILES string of the molecule is CCOc1ccc2c(c1)C(CCC(=O)O)C(N)C2. The molecule has 0 heterocycles. The van der Waals surface area contributed by atoms with Crippen LogP contribution in [0.5, 0.6) is 5.75 Å². The highest BCUT2D eigenvalue weighted by molar-refractivity contribution is 5.66. The summed E-state index contributed by atoms with van der Waals surface area (Å²) in [4.78, 5) is 10.7. The molecule has 4 heteroatoms. The highest BCUT2D eigenvalue weighted by Gasteiger charge is 2.30. The fraction of sp³-hybridized carbons (Fsp3) is 0.500. The molecule has 0 radical (unpaired) electrons. The molecule has 0 bridgehead atoms. The van der Waals surface area contributed by atoms with E-state index in [1.807, 2.05) is 25.1 Å². The largest absolute Gasteiger partial charge is 0.494 e. The van der Waals surface area contributed by atoms with E-state index in [0.29, 0.717) is 13.0 Å². The van der Waals surface area contributed by atoms with Crippen molar-refractivity contribution in [2.24, 2.45) is 5.73 Å². The molecule has 0 saturated heterocycles. The molecule has 2 unspecified atom stereocenters. The summed E-state index contributed by atoms with van der Waals surface area (Å²) in [6.45, 7) is 2.57. The Morgan fingerprint density at radius 2 is 2.33 bits per heavy atom. The highest BCUT2D eigenvalue weighted by atomic mass is 16.5. The Labute approximate surface area is 107 Å². The number of benzene rings is 1. The van der Waals surface area contributed by atoms with E-state index in [1.165, 1.54) is 5.56 Å². The van der Waals surface area contributed by atoms with Crippen LogP contribution in [0.4, 0.5) is 0 Å². The topological polar surface area (TPSA) is 72.5 Å². The van der Waals surface area contributed by atoms with Gasteiger partial charge in [-0.2, -0.15) is 0 Å². The van der Waals surface area contributed by atoms with E-state index in [1.54, 1.807) is 0 Å². The average molecular weight is 249 g/mol. The summed E-state index contributed by atoms with van der Waals surface area (Å²) in [5.74, 6) is 0.207. The number of fused-ring (bicyclic) bond motifs is 1. The molecule has 1 aliphatic rings. The molecule has 0 saturated carbocycles. The minimum absolute atomic E-state index is 0.0243. The Kier molecular flexibility index (Phi) is 3.87. The van der Waals surface area contributed by atoms with E-state index < -0.39 is 5.97 Å². The number of ether oxygens (including phenoxy) is 1. The lowest BCUT2D eigenvalue weighted by Crippen LogP contribution is -2.25. The van der Waals surface area contributed by atoms with Crippen LogP contribution < -0.4 is 10.5 Å². The second kappa shape index (κ2) is 5.40. The summed E-state index contributed by atoms with van der Waals surface area (Å²) >= 11 is 0. The van der Waals surface area contributed by atoms with Crippen LogP contribution in [0.3, 0.4) is 0 Å². The fourth-order valence-corrected chi connectivity index (χ4v) is 2.64. The Morgan fingerprint density at radius 3 is 3.00 bits per heavy atom. The normalized spacial score (nSPS) is 21.7. The number of rotatable bonds is 5. The van der Waals surface area contributed by atoms with Gasteiger partial charge < -0.3 is 15.6 Å². The van der Waals surface area contributed by atoms with E-state index in [2.05, 4.69) is 0 Å². The quantitative estimate of drug-likeness (QED) is 0.836. The Bertz CT molecular complexity index is 445. The van der Waals surface area contributed by atoms with Crippen molar-refractivity contribution in [3.05, 3.63) is 29.3 Å². The predicted molar refractivity (Wildman–Crippen MR) is 68.9 cm³/mol. The molecule has 0 spiro atoms. The molecule has 3 N–H and O–H groups in total. The zero-order valence-corrected chi connectivity index (χ0v) is 10.6. The monoisotopic (exact) mass is 249 g/mol. The second-order valence-electron chi connectivity index (χ2n) is 4.70. The number of carboxylic acid groups (broad SMARTS) is 1. The van der Waals surface area contributed by atoms with Gasteiger partial charge in [-0.05, 0) is 43.0 Å². The van der Waals surface area contributed by atoms with Gasteiger partial charge in [0.2, 0.25) is 0 Å². The molecule has 2 rings (SSSR count). The molecule has 18 heavy (non-hydrogen) atoms. The van der Waals surface area contributed by atoms with Gasteiger partial charge in [-0.25, -0.2) is 0 Å². The van der Waals surface area contributed by atoms with Gasteiger partial charge in [0, 0.05) is 18.4 Å². The van der Waals surface area contributed by atoms with Crippen molar-refractivity contribution in [2.45, 2.75) is 38.1 Å². The molecule has 0 fully saturated rings. The predicted octanol–water partition coefficient (Wildman–Crippen LogP) is 1.92. The maximum atomic E-state index is 10.7. The molecule has 0 aliphatic heterocycles. The fourth-order valence-electron chi connectivity index (χ4n) is 2.64. The van der Waals surface area contributed by atoms with Gasteiger partial charge in [0.05, 0.1) is 6.61 Å². The summed E-state index contributed by atoms with van der Waals surface area (Å²) in [5, 5.41) is 8.78. The number of carboxylic acids is 1. The lowest BCUT2D eigenvalue weighted by molar-refractivity contribution is -0.137. The number of aliphatic carboxylic acids is 1. The van der Waals surface area contributed by atoms with Crippen LogP contribution in [0.1, 0.15) is 36.8 Å². The van der Waals surface area contributed by atoms with Crippen molar-refractivity contribution < 1.29 is 14.6 Å². The van der Waals surface area contributed by atoms with Gasteiger partial charge in [0.1, 0.15) is 5.75 Å². The molecule has 98 valence electrons. The first kappa shape index (κ1) is 12.9. The third-order valence-electron chi connectivity index (χ3n) is 3.47. The van der Waals surface area contributed by atoms with Crippen LogP contribution in [-0.2, 0) is 11.2 Å². The van der Waals surface area contributed by atoms with Gasteiger partial charge in [-0.15, -0.1) is 0 Å². The lowest BCUT2D eigenvalue weighted by Gasteiger charge is -2.16. The van der Waals surface area contributed by atoms with Crippen molar-refractivity contribution in [1.29, 1.82) is 0 Å². The molecule has 0 amide bonds. The first-order valence-corrected chi connectivity index (χ1v) is 6.34. The van der Waals surface area contributed by atoms with Gasteiger partial charge >= 0.3 is 5.97 Å². The number of nitrogens with two attached hydrogens (primary N) is 1. The number of hydrogen-bond acceptors (Lipinski definition) is 3. The van der Waals surface area contributed by atoms with Crippen LogP contribution in [0.2, 0.25) is 0 Å². The molecule has 1 aromatic carbocycles. The molecule has 4 nitrogen and oxygen atoms in total. The minimum Gasteiger partial charge on any atom is -0.494 e. The van der Waals surface area contributed by atoms with Gasteiger partial charge in [-0.1, -0.05) is 6.07 Å². The maximum absolute atomic E-state index is 10.7. The number of hydrogen-bond donors (Lipinski definition) is 2. The molecular weight excluding hydrogens is 230 g/mol. The van der Waals surface area contributed by atoms with Crippen LogP contribution in [0.15, 0.2) is 18.2 Å². The first-order chi connectivity index (χ1) is 8.61. The Hall–Kier alpha value is -1.55. The van der Waals surface area contributed by atoms with Crippen LogP contribution in [0, 0.1) is 0 Å². The van der Waals surface area contributed by atoms with Crippen molar-refractivity contribution in [1.82, 2.24) is 0 Å². The van der Waals surface area contributed by atoms with Crippen LogP contribution in [0.25, 0.3) is 0 Å². The van der Waals surface area contributed by atoms with E-state index in [-0.39, 0.29) is 18.4 Å². The summed E-state index contributed by atoms with van der Waals surface area (Å²) in [6.07, 6.45) is 1.59. The van der Waals surface area contributed by atoms with Crippen molar-refractivity contribution in [2.75, 3.05) is 6.61 Å². The third-order valence-corrected chi connectivity index (χ3v) is 3.47. The molecule has 0 aromatic heterocycles. The minimum atomic E-state index is -0.767. The molecular formula is C14H19NO3. The Morgan fingerprint density at radius 1 is 1.56 bits per heavy atom. The standard InChI is InChI=1S/C14H19NO3/c1-2-18-10-4-3-9-7-13(15)11(12(9)8-10)5-6-14(16)17/h3-4,8,11,13H,2,5-7,15H2,1H3,(H,16,17). The molecule has 2 atom stereocenters. The summed E-state index contributed by atoms with van der Waals surface area (Å²) < 4.78 is 5.48. The van der Waals surface area contributed by atoms with Gasteiger partial charge in [0.25, 0.3) is 0 Å². The maximum Gasteiger partial charge on any atom is 0.303 e. The van der Waals surface area contributed by atoms with E-state index in [9.17, 15) is 4.79 Å². The Balaban J connectivity index is 2.19. The highest BCUT2D eigenvalue weighted by Crippen LogP contribution is 2.37. The van der Waals surface area contributed by atoms with E-state index >= 15 is 0 Å². The van der Waals surface area contributed by atoms with Crippen molar-refractivity contribution in [3.63, 3.8) is 0 Å². The summed E-state index contributed by atoms with van der Waals surface area (Å²) in [5.41, 5.74) is 8.49. The second-order valence-corrected chi connectivity index (χ2v) is 4.70. The van der Waals surface area contributed by atoms with E-state index in [0.717, 1.165) is 17.7 Å².